The molecule has 28 heavy (non-hydrogen) atoms. The van der Waals surface area contributed by atoms with Crippen LogP contribution in [0, 0.1) is 13.8 Å². The number of nitrogens with zero attached hydrogens (tertiary/aromatic N) is 3. The first-order valence-corrected chi connectivity index (χ1v) is 10.5. The highest BCUT2D eigenvalue weighted by Gasteiger charge is 2.19. The third-order valence-corrected chi connectivity index (χ3v) is 5.93. The fourth-order valence-electron chi connectivity index (χ4n) is 3.22. The maximum absolute atomic E-state index is 6.21. The highest BCUT2D eigenvalue weighted by Crippen LogP contribution is 2.30. The van der Waals surface area contributed by atoms with Crippen LogP contribution in [0.25, 0.3) is 5.69 Å². The van der Waals surface area contributed by atoms with Crippen LogP contribution in [0.4, 0.5) is 5.69 Å². The van der Waals surface area contributed by atoms with Crippen molar-refractivity contribution in [1.29, 1.82) is 0 Å². The largest absolute Gasteiger partial charge is 0.318 e. The first-order valence-electron chi connectivity index (χ1n) is 8.77. The van der Waals surface area contributed by atoms with Crippen molar-refractivity contribution >= 4 is 51.5 Å². The molecule has 0 fully saturated rings. The van der Waals surface area contributed by atoms with Gasteiger partial charge in [-0.15, -0.1) is 0 Å². The van der Waals surface area contributed by atoms with Gasteiger partial charge in [-0.25, -0.2) is 4.99 Å². The van der Waals surface area contributed by atoms with Gasteiger partial charge in [-0.05, 0) is 50.2 Å². The molecule has 2 heterocycles. The summed E-state index contributed by atoms with van der Waals surface area (Å²) in [4.78, 5) is 4.55. The minimum atomic E-state index is 0.517. The molecular weight excluding hydrogens is 411 g/mol. The lowest BCUT2D eigenvalue weighted by Gasteiger charge is -2.15. The molecule has 2 aromatic carbocycles. The number of benzene rings is 2. The Kier molecular flexibility index (Phi) is 5.49. The Morgan fingerprint density at radius 2 is 1.86 bits per heavy atom. The lowest BCUT2D eigenvalue weighted by Crippen LogP contribution is -2.25. The average Bonchev–Trinajstić information content (AvgIpc) is 2.99. The maximum atomic E-state index is 6.21. The molecule has 0 bridgehead atoms. The Hall–Kier alpha value is -2.21. The lowest BCUT2D eigenvalue weighted by atomic mass is 10.1. The van der Waals surface area contributed by atoms with Crippen molar-refractivity contribution in [1.82, 2.24) is 9.99 Å². The zero-order chi connectivity index (χ0) is 19.7. The molecule has 0 aliphatic carbocycles. The van der Waals surface area contributed by atoms with Crippen LogP contribution in [0.2, 0.25) is 10.0 Å². The number of hydrogen-bond donors (Lipinski definition) is 1. The molecule has 0 spiro atoms. The normalized spacial score (nSPS) is 15.4. The van der Waals surface area contributed by atoms with Crippen LogP contribution in [0.5, 0.6) is 0 Å². The zero-order valence-electron chi connectivity index (χ0n) is 15.4. The van der Waals surface area contributed by atoms with Crippen LogP contribution in [0.3, 0.4) is 0 Å². The minimum absolute atomic E-state index is 0.517. The minimum Gasteiger partial charge on any atom is -0.318 e. The molecule has 1 aliphatic rings. The number of rotatable bonds is 3. The summed E-state index contributed by atoms with van der Waals surface area (Å²) >= 11 is 13.7. The van der Waals surface area contributed by atoms with Crippen molar-refractivity contribution in [3.05, 3.63) is 81.6 Å². The fourth-order valence-corrected chi connectivity index (χ4v) is 4.44. The van der Waals surface area contributed by atoms with Crippen molar-refractivity contribution in [2.45, 2.75) is 13.8 Å². The molecule has 0 atom stereocenters. The average molecular weight is 429 g/mol. The van der Waals surface area contributed by atoms with E-state index in [0.29, 0.717) is 20.9 Å². The number of thioether (sulfide) groups is 1. The summed E-state index contributed by atoms with van der Waals surface area (Å²) in [5.41, 5.74) is 9.37. The molecular formula is C21H18Cl2N4S. The smallest absolute Gasteiger partial charge is 0.182 e. The number of hydrogen-bond acceptors (Lipinski definition) is 3. The second-order valence-corrected chi connectivity index (χ2v) is 8.24. The van der Waals surface area contributed by atoms with E-state index in [-0.39, 0.29) is 0 Å². The van der Waals surface area contributed by atoms with Gasteiger partial charge in [0.2, 0.25) is 0 Å². The third kappa shape index (κ3) is 3.83. The number of hydrazone groups is 1. The number of aryl methyl sites for hydroxylation is 1. The number of aromatic nitrogens is 1. The van der Waals surface area contributed by atoms with Crippen molar-refractivity contribution in [2.75, 3.05) is 5.75 Å². The Morgan fingerprint density at radius 3 is 2.54 bits per heavy atom. The van der Waals surface area contributed by atoms with Gasteiger partial charge < -0.3 is 4.57 Å². The van der Waals surface area contributed by atoms with E-state index in [4.69, 9.17) is 23.2 Å². The van der Waals surface area contributed by atoms with Gasteiger partial charge in [-0.3, -0.25) is 5.43 Å². The quantitative estimate of drug-likeness (QED) is 0.544. The summed E-state index contributed by atoms with van der Waals surface area (Å²) < 4.78 is 2.25. The monoisotopic (exact) mass is 428 g/mol. The number of para-hydroxylation sites is 1. The lowest BCUT2D eigenvalue weighted by molar-refractivity contribution is 0.963. The highest BCUT2D eigenvalue weighted by atomic mass is 35.5. The van der Waals surface area contributed by atoms with Gasteiger partial charge in [0, 0.05) is 33.4 Å². The van der Waals surface area contributed by atoms with Gasteiger partial charge in [0.25, 0.3) is 0 Å². The van der Waals surface area contributed by atoms with Crippen molar-refractivity contribution in [3.8, 4) is 5.69 Å². The molecule has 142 valence electrons. The molecule has 4 rings (SSSR count). The molecule has 0 amide bonds. The summed E-state index contributed by atoms with van der Waals surface area (Å²) in [7, 11) is 0. The zero-order valence-corrected chi connectivity index (χ0v) is 17.7. The van der Waals surface area contributed by atoms with Crippen LogP contribution in [0.1, 0.15) is 17.0 Å². The van der Waals surface area contributed by atoms with E-state index < -0.39 is 0 Å². The van der Waals surface area contributed by atoms with Crippen molar-refractivity contribution in [3.63, 3.8) is 0 Å². The van der Waals surface area contributed by atoms with Crippen molar-refractivity contribution in [2.24, 2.45) is 10.1 Å². The number of amidine groups is 1. The van der Waals surface area contributed by atoms with Gasteiger partial charge in [0.05, 0.1) is 16.4 Å². The topological polar surface area (TPSA) is 41.7 Å². The summed E-state index contributed by atoms with van der Waals surface area (Å²) in [5, 5.41) is 6.39. The standard InChI is InChI=1S/C21H18Cl2N4S/c1-13-10-17(14(2)27(13)16-6-4-3-5-7-16)20-12-28-21(26-25-20)24-19-9-8-15(22)11-18(19)23/h3-11H,12H2,1-2H3,(H,24,26). The van der Waals surface area contributed by atoms with Crippen molar-refractivity contribution < 1.29 is 0 Å². The predicted octanol–water partition coefficient (Wildman–Crippen LogP) is 6.13. The summed E-state index contributed by atoms with van der Waals surface area (Å²) in [6, 6.07) is 17.8. The molecule has 7 heteroatoms. The van der Waals surface area contributed by atoms with Crippen LogP contribution in [-0.2, 0) is 0 Å². The van der Waals surface area contributed by atoms with Crippen LogP contribution >= 0.6 is 35.0 Å². The summed E-state index contributed by atoms with van der Waals surface area (Å²) in [6.07, 6.45) is 0. The predicted molar refractivity (Wildman–Crippen MR) is 121 cm³/mol. The number of halogens is 2. The first kappa shape index (κ1) is 19.1. The molecule has 4 nitrogen and oxygen atoms in total. The van der Waals surface area contributed by atoms with Gasteiger partial charge >= 0.3 is 0 Å². The SMILES string of the molecule is Cc1cc(C2=NNC(=Nc3ccc(Cl)cc3Cl)SC2)c(C)n1-c1ccccc1. The van der Waals surface area contributed by atoms with Gasteiger partial charge in [-0.2, -0.15) is 5.10 Å². The second kappa shape index (κ2) is 8.03. The Bertz CT molecular complexity index is 1090. The van der Waals surface area contributed by atoms with Gasteiger partial charge in [-0.1, -0.05) is 53.2 Å². The van der Waals surface area contributed by atoms with E-state index in [9.17, 15) is 0 Å². The molecule has 1 aromatic heterocycles. The second-order valence-electron chi connectivity index (χ2n) is 6.43. The van der Waals surface area contributed by atoms with Crippen LogP contribution in [-0.4, -0.2) is 21.2 Å². The van der Waals surface area contributed by atoms with Crippen LogP contribution < -0.4 is 5.43 Å². The molecule has 3 aromatic rings. The Morgan fingerprint density at radius 1 is 1.07 bits per heavy atom. The Labute approximate surface area is 178 Å². The van der Waals surface area contributed by atoms with Gasteiger partial charge in [0.1, 0.15) is 0 Å². The molecule has 0 saturated carbocycles. The highest BCUT2D eigenvalue weighted by molar-refractivity contribution is 8.14. The Balaban J connectivity index is 1.60. The van der Waals surface area contributed by atoms with E-state index in [0.717, 1.165) is 22.7 Å². The van der Waals surface area contributed by atoms with E-state index in [1.54, 1.807) is 30.0 Å². The van der Waals surface area contributed by atoms with E-state index >= 15 is 0 Å². The molecule has 0 saturated heterocycles. The molecule has 0 unspecified atom stereocenters. The summed E-state index contributed by atoms with van der Waals surface area (Å²) in [6.45, 7) is 4.24. The number of nitrogens with one attached hydrogen (secondary N) is 1. The molecule has 1 aliphatic heterocycles. The summed E-state index contributed by atoms with van der Waals surface area (Å²) in [5.74, 6) is 0.732. The van der Waals surface area contributed by atoms with E-state index in [2.05, 4.69) is 52.1 Å². The van der Waals surface area contributed by atoms with Gasteiger partial charge in [0.15, 0.2) is 5.17 Å². The fraction of sp³-hybridized carbons (Fsp3) is 0.143. The number of aliphatic imine (C=N–C) groups is 1. The van der Waals surface area contributed by atoms with E-state index in [1.807, 2.05) is 18.2 Å². The molecule has 0 radical (unpaired) electrons. The van der Waals surface area contributed by atoms with E-state index in [1.165, 1.54) is 11.4 Å². The first-order chi connectivity index (χ1) is 13.5. The third-order valence-electron chi connectivity index (χ3n) is 4.52. The maximum Gasteiger partial charge on any atom is 0.182 e. The molecule has 1 N–H and O–H groups in total. The van der Waals surface area contributed by atoms with Crippen LogP contribution in [0.15, 0.2) is 64.7 Å².